The molecule has 0 spiro atoms. The van der Waals surface area contributed by atoms with E-state index in [1.807, 2.05) is 41.8 Å². The third-order valence-corrected chi connectivity index (χ3v) is 6.66. The van der Waals surface area contributed by atoms with E-state index in [0.29, 0.717) is 31.3 Å². The molecule has 168 valence electrons. The number of fused-ring (bicyclic) bond motifs is 1. The van der Waals surface area contributed by atoms with Crippen LogP contribution in [-0.2, 0) is 26.1 Å². The molecule has 0 unspecified atom stereocenters. The number of nitrogens with one attached hydrogen (secondary N) is 1. The van der Waals surface area contributed by atoms with Crippen molar-refractivity contribution in [3.05, 3.63) is 54.1 Å². The molecule has 1 heterocycles. The molecule has 0 aliphatic rings. The molecular formula is C22H25N5O4S. The molecule has 1 amide bonds. The summed E-state index contributed by atoms with van der Waals surface area (Å²) in [5, 5.41) is 11.6. The summed E-state index contributed by atoms with van der Waals surface area (Å²) < 4.78 is 33.8. The summed E-state index contributed by atoms with van der Waals surface area (Å²) in [6.07, 6.45) is 0.740. The number of rotatable bonds is 10. The number of aromatic nitrogens is 2. The molecule has 0 aliphatic heterocycles. The highest BCUT2D eigenvalue weighted by Crippen LogP contribution is 2.20. The number of hydrogen-bond donors (Lipinski definition) is 1. The molecule has 32 heavy (non-hydrogen) atoms. The number of aryl methyl sites for hydroxylation is 1. The van der Waals surface area contributed by atoms with Crippen molar-refractivity contribution < 1.29 is 17.9 Å². The van der Waals surface area contributed by atoms with Gasteiger partial charge in [0.05, 0.1) is 34.1 Å². The van der Waals surface area contributed by atoms with Crippen LogP contribution in [0.5, 0.6) is 0 Å². The largest absolute Gasteiger partial charge is 0.382 e. The molecule has 0 aliphatic carbocycles. The number of benzene rings is 2. The summed E-state index contributed by atoms with van der Waals surface area (Å²) in [7, 11) is -2.56. The van der Waals surface area contributed by atoms with E-state index in [9.17, 15) is 13.2 Å². The maximum atomic E-state index is 12.8. The van der Waals surface area contributed by atoms with E-state index < -0.39 is 15.9 Å². The highest BCUT2D eigenvalue weighted by molar-refractivity contribution is 7.89. The Morgan fingerprint density at radius 1 is 1.22 bits per heavy atom. The number of hydrogen-bond acceptors (Lipinski definition) is 6. The van der Waals surface area contributed by atoms with Gasteiger partial charge < -0.3 is 9.30 Å². The molecule has 0 saturated carbocycles. The molecule has 0 radical (unpaired) electrons. The molecule has 0 bridgehead atoms. The summed E-state index contributed by atoms with van der Waals surface area (Å²) in [6.45, 7) is 3.36. The predicted octanol–water partition coefficient (Wildman–Crippen LogP) is 2.59. The lowest BCUT2D eigenvalue weighted by atomic mass is 10.2. The van der Waals surface area contributed by atoms with Gasteiger partial charge in [-0.3, -0.25) is 10.1 Å². The fraction of sp³-hybridized carbons (Fsp3) is 0.318. The van der Waals surface area contributed by atoms with Crippen molar-refractivity contribution in [3.63, 3.8) is 0 Å². The first-order chi connectivity index (χ1) is 15.4. The predicted molar refractivity (Wildman–Crippen MR) is 120 cm³/mol. The molecule has 9 nitrogen and oxygen atoms in total. The Hall–Kier alpha value is -3.26. The fourth-order valence-corrected chi connectivity index (χ4v) is 4.33. The van der Waals surface area contributed by atoms with E-state index in [1.54, 1.807) is 0 Å². The van der Waals surface area contributed by atoms with Gasteiger partial charge in [0.25, 0.3) is 0 Å². The second kappa shape index (κ2) is 10.4. The number of ether oxygens (including phenoxy) is 1. The van der Waals surface area contributed by atoms with Gasteiger partial charge in [-0.15, -0.1) is 0 Å². The van der Waals surface area contributed by atoms with Gasteiger partial charge in [-0.2, -0.15) is 9.57 Å². The lowest BCUT2D eigenvalue weighted by molar-refractivity contribution is -0.116. The lowest BCUT2D eigenvalue weighted by Crippen LogP contribution is -2.35. The topological polar surface area (TPSA) is 117 Å². The van der Waals surface area contributed by atoms with Crippen molar-refractivity contribution in [1.29, 1.82) is 5.26 Å². The van der Waals surface area contributed by atoms with Gasteiger partial charge in [0, 0.05) is 26.8 Å². The molecule has 2 aromatic carbocycles. The molecular weight excluding hydrogens is 430 g/mol. The SMILES string of the molecule is CCOCCCn1c(NC(=O)CN(C)S(=O)(=O)c2ccc(C#N)cc2)nc2ccccc21. The highest BCUT2D eigenvalue weighted by atomic mass is 32.2. The number of nitrogens with zero attached hydrogens (tertiary/aromatic N) is 4. The molecule has 3 aromatic rings. The van der Waals surface area contributed by atoms with E-state index in [2.05, 4.69) is 10.3 Å². The number of sulfonamides is 1. The smallest absolute Gasteiger partial charge is 0.243 e. The van der Waals surface area contributed by atoms with Gasteiger partial charge in [-0.1, -0.05) is 12.1 Å². The zero-order chi connectivity index (χ0) is 23.1. The standard InChI is InChI=1S/C22H25N5O4S/c1-3-31-14-6-13-27-20-8-5-4-7-19(20)24-22(27)25-21(28)16-26(2)32(29,30)18-11-9-17(15-23)10-12-18/h4-5,7-12H,3,6,13-14,16H2,1-2H3,(H,24,25,28). The van der Waals surface area contributed by atoms with Crippen LogP contribution < -0.4 is 5.32 Å². The minimum Gasteiger partial charge on any atom is -0.382 e. The van der Waals surface area contributed by atoms with E-state index >= 15 is 0 Å². The van der Waals surface area contributed by atoms with Crippen LogP contribution in [0.1, 0.15) is 18.9 Å². The van der Waals surface area contributed by atoms with Crippen molar-refractivity contribution in [1.82, 2.24) is 13.9 Å². The van der Waals surface area contributed by atoms with Crippen LogP contribution in [0.2, 0.25) is 0 Å². The number of amides is 1. The minimum atomic E-state index is -3.89. The summed E-state index contributed by atoms with van der Waals surface area (Å²) in [6, 6.07) is 15.0. The number of carbonyl (C=O) groups is 1. The van der Waals surface area contributed by atoms with Crippen LogP contribution in [0.4, 0.5) is 5.95 Å². The quantitative estimate of drug-likeness (QED) is 0.470. The highest BCUT2D eigenvalue weighted by Gasteiger charge is 2.24. The van der Waals surface area contributed by atoms with Crippen molar-refractivity contribution >= 4 is 32.9 Å². The van der Waals surface area contributed by atoms with E-state index in [-0.39, 0.29) is 11.4 Å². The maximum Gasteiger partial charge on any atom is 0.243 e. The van der Waals surface area contributed by atoms with E-state index in [1.165, 1.54) is 31.3 Å². The second-order valence-electron chi connectivity index (χ2n) is 7.07. The molecule has 1 aromatic heterocycles. The minimum absolute atomic E-state index is 0.00922. The molecule has 10 heteroatoms. The summed E-state index contributed by atoms with van der Waals surface area (Å²) in [5.74, 6) is -0.150. The zero-order valence-electron chi connectivity index (χ0n) is 18.0. The normalized spacial score (nSPS) is 11.6. The van der Waals surface area contributed by atoms with Gasteiger partial charge in [0.1, 0.15) is 0 Å². The number of para-hydroxylation sites is 2. The Kier molecular flexibility index (Phi) is 7.58. The van der Waals surface area contributed by atoms with Crippen molar-refractivity contribution in [2.24, 2.45) is 0 Å². The van der Waals surface area contributed by atoms with E-state index in [4.69, 9.17) is 10.00 Å². The molecule has 0 atom stereocenters. The van der Waals surface area contributed by atoms with Gasteiger partial charge in [0.2, 0.25) is 21.9 Å². The van der Waals surface area contributed by atoms with Crippen molar-refractivity contribution in [2.45, 2.75) is 24.8 Å². The van der Waals surface area contributed by atoms with Gasteiger partial charge >= 0.3 is 0 Å². The van der Waals surface area contributed by atoms with Crippen LogP contribution >= 0.6 is 0 Å². The molecule has 0 saturated heterocycles. The Bertz CT molecular complexity index is 1230. The van der Waals surface area contributed by atoms with Crippen LogP contribution in [0, 0.1) is 11.3 Å². The lowest BCUT2D eigenvalue weighted by Gasteiger charge is -2.17. The average molecular weight is 456 g/mol. The number of carbonyl (C=O) groups excluding carboxylic acids is 1. The number of anilines is 1. The number of nitriles is 1. The van der Waals surface area contributed by atoms with Crippen molar-refractivity contribution in [3.8, 4) is 6.07 Å². The Morgan fingerprint density at radius 2 is 1.94 bits per heavy atom. The van der Waals surface area contributed by atoms with Crippen LogP contribution in [0.15, 0.2) is 53.4 Å². The summed E-state index contributed by atoms with van der Waals surface area (Å²) in [4.78, 5) is 17.2. The first-order valence-corrected chi connectivity index (χ1v) is 11.6. The van der Waals surface area contributed by atoms with Crippen LogP contribution in [0.25, 0.3) is 11.0 Å². The van der Waals surface area contributed by atoms with Gasteiger partial charge in [-0.25, -0.2) is 13.4 Å². The molecule has 3 rings (SSSR count). The molecule has 0 fully saturated rings. The zero-order valence-corrected chi connectivity index (χ0v) is 18.8. The molecule has 1 N–H and O–H groups in total. The number of likely N-dealkylation sites (N-methyl/N-ethyl adjacent to an activating group) is 1. The third kappa shape index (κ3) is 5.31. The van der Waals surface area contributed by atoms with Gasteiger partial charge in [0.15, 0.2) is 0 Å². The first kappa shape index (κ1) is 23.4. The Labute approximate surface area is 187 Å². The van der Waals surface area contributed by atoms with E-state index in [0.717, 1.165) is 21.8 Å². The Morgan fingerprint density at radius 3 is 2.62 bits per heavy atom. The summed E-state index contributed by atoms with van der Waals surface area (Å²) in [5.41, 5.74) is 1.96. The van der Waals surface area contributed by atoms with Crippen LogP contribution in [-0.4, -0.2) is 55.0 Å². The fourth-order valence-electron chi connectivity index (χ4n) is 3.20. The first-order valence-electron chi connectivity index (χ1n) is 10.2. The monoisotopic (exact) mass is 455 g/mol. The number of imidazole rings is 1. The van der Waals surface area contributed by atoms with Crippen LogP contribution in [0.3, 0.4) is 0 Å². The Balaban J connectivity index is 1.74. The third-order valence-electron chi connectivity index (χ3n) is 4.84. The maximum absolute atomic E-state index is 12.8. The van der Waals surface area contributed by atoms with Crippen molar-refractivity contribution in [2.75, 3.05) is 32.1 Å². The second-order valence-corrected chi connectivity index (χ2v) is 9.12. The summed E-state index contributed by atoms with van der Waals surface area (Å²) >= 11 is 0. The van der Waals surface area contributed by atoms with Gasteiger partial charge in [-0.05, 0) is 49.7 Å². The average Bonchev–Trinajstić information content (AvgIpc) is 3.13.